The third-order valence-electron chi connectivity index (χ3n) is 1.87. The first-order valence-corrected chi connectivity index (χ1v) is 4.09. The zero-order valence-corrected chi connectivity index (χ0v) is 7.38. The molecule has 1 rings (SSSR count). The third-order valence-corrected chi connectivity index (χ3v) is 1.87. The molecule has 0 aliphatic carbocycles. The summed E-state index contributed by atoms with van der Waals surface area (Å²) in [6.45, 7) is 6.11. The summed E-state index contributed by atoms with van der Waals surface area (Å²) in [4.78, 5) is 0. The Morgan fingerprint density at radius 2 is 1.92 bits per heavy atom. The highest BCUT2D eigenvalue weighted by Gasteiger charge is 1.96. The van der Waals surface area contributed by atoms with Crippen molar-refractivity contribution in [2.45, 2.75) is 13.3 Å². The molecule has 0 aliphatic heterocycles. The second-order valence-electron chi connectivity index (χ2n) is 2.94. The van der Waals surface area contributed by atoms with E-state index in [1.165, 1.54) is 5.56 Å². The van der Waals surface area contributed by atoms with Crippen LogP contribution in [-0.2, 0) is 0 Å². The van der Waals surface area contributed by atoms with Crippen LogP contribution in [0.25, 0.3) is 5.57 Å². The van der Waals surface area contributed by atoms with E-state index in [0.717, 1.165) is 11.1 Å². The molecule has 0 atom stereocenters. The van der Waals surface area contributed by atoms with Gasteiger partial charge in [-0.15, -0.1) is 0 Å². The minimum atomic E-state index is 0.173. The Morgan fingerprint density at radius 1 is 1.33 bits per heavy atom. The standard InChI is InChI=1S/C11H14O/c1-9-3-5-11(6-4-9)10(2)7-8-12/h3-6,12H,2,7-8H2,1H3. The Labute approximate surface area is 73.4 Å². The minimum absolute atomic E-state index is 0.173. The maximum Gasteiger partial charge on any atom is 0.0471 e. The molecule has 1 heteroatoms. The van der Waals surface area contributed by atoms with Gasteiger partial charge in [-0.25, -0.2) is 0 Å². The first kappa shape index (κ1) is 9.01. The van der Waals surface area contributed by atoms with E-state index in [-0.39, 0.29) is 6.61 Å². The summed E-state index contributed by atoms with van der Waals surface area (Å²) in [5, 5.41) is 8.69. The number of aliphatic hydroxyl groups is 1. The van der Waals surface area contributed by atoms with E-state index in [0.29, 0.717) is 6.42 Å². The third kappa shape index (κ3) is 2.21. The number of hydrogen-bond acceptors (Lipinski definition) is 1. The summed E-state index contributed by atoms with van der Waals surface area (Å²) in [5.74, 6) is 0. The molecule has 1 aromatic carbocycles. The lowest BCUT2D eigenvalue weighted by Gasteiger charge is -2.03. The van der Waals surface area contributed by atoms with Crippen molar-refractivity contribution in [2.24, 2.45) is 0 Å². The molecule has 0 unspecified atom stereocenters. The number of rotatable bonds is 3. The molecule has 1 aromatic rings. The van der Waals surface area contributed by atoms with Gasteiger partial charge in [-0.1, -0.05) is 36.4 Å². The van der Waals surface area contributed by atoms with Crippen LogP contribution < -0.4 is 0 Å². The first-order valence-electron chi connectivity index (χ1n) is 4.09. The van der Waals surface area contributed by atoms with Gasteiger partial charge in [0.2, 0.25) is 0 Å². The average Bonchev–Trinajstić information content (AvgIpc) is 2.06. The monoisotopic (exact) mass is 162 g/mol. The molecule has 0 saturated carbocycles. The number of aryl methyl sites for hydroxylation is 1. The van der Waals surface area contributed by atoms with E-state index in [2.05, 4.69) is 25.6 Å². The highest BCUT2D eigenvalue weighted by molar-refractivity contribution is 5.63. The van der Waals surface area contributed by atoms with Gasteiger partial charge in [0.1, 0.15) is 0 Å². The molecule has 64 valence electrons. The fourth-order valence-electron chi connectivity index (χ4n) is 1.07. The lowest BCUT2D eigenvalue weighted by atomic mass is 10.0. The first-order chi connectivity index (χ1) is 5.74. The molecule has 0 radical (unpaired) electrons. The fraction of sp³-hybridized carbons (Fsp3) is 0.273. The van der Waals surface area contributed by atoms with Gasteiger partial charge in [0.05, 0.1) is 0 Å². The van der Waals surface area contributed by atoms with Gasteiger partial charge in [0, 0.05) is 6.61 Å². The van der Waals surface area contributed by atoms with Gasteiger partial charge in [-0.05, 0) is 24.5 Å². The maximum atomic E-state index is 8.69. The van der Waals surface area contributed by atoms with E-state index >= 15 is 0 Å². The molecule has 12 heavy (non-hydrogen) atoms. The van der Waals surface area contributed by atoms with Crippen molar-refractivity contribution in [2.75, 3.05) is 6.61 Å². The minimum Gasteiger partial charge on any atom is -0.396 e. The SMILES string of the molecule is C=C(CCO)c1ccc(C)cc1. The lowest BCUT2D eigenvalue weighted by molar-refractivity contribution is 0.305. The average molecular weight is 162 g/mol. The largest absolute Gasteiger partial charge is 0.396 e. The van der Waals surface area contributed by atoms with Crippen molar-refractivity contribution in [3.8, 4) is 0 Å². The van der Waals surface area contributed by atoms with Crippen LogP contribution in [0.1, 0.15) is 17.5 Å². The molecule has 0 spiro atoms. The summed E-state index contributed by atoms with van der Waals surface area (Å²) in [6.07, 6.45) is 0.656. The molecular weight excluding hydrogens is 148 g/mol. The molecule has 0 heterocycles. The van der Waals surface area contributed by atoms with E-state index in [1.807, 2.05) is 12.1 Å². The maximum absolute atomic E-state index is 8.69. The van der Waals surface area contributed by atoms with Crippen LogP contribution >= 0.6 is 0 Å². The Bertz CT molecular complexity index is 259. The summed E-state index contributed by atoms with van der Waals surface area (Å²) in [7, 11) is 0. The lowest BCUT2D eigenvalue weighted by Crippen LogP contribution is -1.87. The number of hydrogen-bond donors (Lipinski definition) is 1. The number of aliphatic hydroxyl groups excluding tert-OH is 1. The van der Waals surface area contributed by atoms with E-state index in [1.54, 1.807) is 0 Å². The Balaban J connectivity index is 2.75. The van der Waals surface area contributed by atoms with Gasteiger partial charge in [0.15, 0.2) is 0 Å². The predicted molar refractivity (Wildman–Crippen MR) is 51.9 cm³/mol. The van der Waals surface area contributed by atoms with Crippen molar-refractivity contribution in [1.29, 1.82) is 0 Å². The summed E-state index contributed by atoms with van der Waals surface area (Å²) < 4.78 is 0. The quantitative estimate of drug-likeness (QED) is 0.723. The highest BCUT2D eigenvalue weighted by Crippen LogP contribution is 2.15. The molecule has 0 amide bonds. The van der Waals surface area contributed by atoms with Crippen molar-refractivity contribution in [3.63, 3.8) is 0 Å². The van der Waals surface area contributed by atoms with Crippen molar-refractivity contribution >= 4 is 5.57 Å². The van der Waals surface area contributed by atoms with Gasteiger partial charge in [-0.3, -0.25) is 0 Å². The summed E-state index contributed by atoms with van der Waals surface area (Å²) >= 11 is 0. The highest BCUT2D eigenvalue weighted by atomic mass is 16.2. The predicted octanol–water partition coefficient (Wildman–Crippen LogP) is 2.39. The molecule has 0 saturated heterocycles. The van der Waals surface area contributed by atoms with Crippen molar-refractivity contribution in [3.05, 3.63) is 42.0 Å². The molecular formula is C11H14O. The van der Waals surface area contributed by atoms with Crippen LogP contribution in [0.3, 0.4) is 0 Å². The topological polar surface area (TPSA) is 20.2 Å². The van der Waals surface area contributed by atoms with Gasteiger partial charge in [0.25, 0.3) is 0 Å². The van der Waals surface area contributed by atoms with Crippen LogP contribution in [0.15, 0.2) is 30.8 Å². The van der Waals surface area contributed by atoms with E-state index < -0.39 is 0 Å². The Hall–Kier alpha value is -1.08. The fourth-order valence-corrected chi connectivity index (χ4v) is 1.07. The molecule has 0 aromatic heterocycles. The normalized spacial score (nSPS) is 9.83. The van der Waals surface area contributed by atoms with Crippen LogP contribution in [0.5, 0.6) is 0 Å². The van der Waals surface area contributed by atoms with Gasteiger partial charge in [-0.2, -0.15) is 0 Å². The van der Waals surface area contributed by atoms with E-state index in [9.17, 15) is 0 Å². The second kappa shape index (κ2) is 4.07. The molecule has 1 N–H and O–H groups in total. The van der Waals surface area contributed by atoms with Crippen molar-refractivity contribution in [1.82, 2.24) is 0 Å². The molecule has 0 fully saturated rings. The Kier molecular flexibility index (Phi) is 3.06. The zero-order chi connectivity index (χ0) is 8.97. The Morgan fingerprint density at radius 3 is 2.42 bits per heavy atom. The van der Waals surface area contributed by atoms with Crippen LogP contribution in [0.2, 0.25) is 0 Å². The number of benzene rings is 1. The van der Waals surface area contributed by atoms with Crippen LogP contribution in [0.4, 0.5) is 0 Å². The van der Waals surface area contributed by atoms with Crippen LogP contribution in [-0.4, -0.2) is 11.7 Å². The molecule has 0 aliphatic rings. The summed E-state index contributed by atoms with van der Waals surface area (Å²) in [6, 6.07) is 8.18. The van der Waals surface area contributed by atoms with Crippen LogP contribution in [0, 0.1) is 6.92 Å². The van der Waals surface area contributed by atoms with E-state index in [4.69, 9.17) is 5.11 Å². The second-order valence-corrected chi connectivity index (χ2v) is 2.94. The van der Waals surface area contributed by atoms with Gasteiger partial charge >= 0.3 is 0 Å². The zero-order valence-electron chi connectivity index (χ0n) is 7.38. The molecule has 0 bridgehead atoms. The summed E-state index contributed by atoms with van der Waals surface area (Å²) in [5.41, 5.74) is 3.36. The smallest absolute Gasteiger partial charge is 0.0471 e. The van der Waals surface area contributed by atoms with Gasteiger partial charge < -0.3 is 5.11 Å². The van der Waals surface area contributed by atoms with Crippen molar-refractivity contribution < 1.29 is 5.11 Å². The molecule has 1 nitrogen and oxygen atoms in total.